The molecule has 2 N–H and O–H groups in total. The van der Waals surface area contributed by atoms with Crippen LogP contribution in [-0.4, -0.2) is 20.3 Å². The second kappa shape index (κ2) is 4.72. The molecule has 1 unspecified atom stereocenters. The Labute approximate surface area is 108 Å². The molecule has 3 rings (SSSR count). The fourth-order valence-corrected chi connectivity index (χ4v) is 2.36. The van der Waals surface area contributed by atoms with Gasteiger partial charge in [-0.25, -0.2) is 4.98 Å². The molecule has 0 aliphatic rings. The number of aromatic amines is 1. The molecule has 3 aromatic rings. The average Bonchev–Trinajstić information content (AvgIpc) is 3.09. The maximum absolute atomic E-state index is 10.2. The van der Waals surface area contributed by atoms with Gasteiger partial charge in [-0.1, -0.05) is 36.4 Å². The number of nitrogens with one attached hydrogen (secondary N) is 1. The minimum atomic E-state index is -0.771. The number of H-pyrrole nitrogens is 1. The van der Waals surface area contributed by atoms with E-state index >= 15 is 0 Å². The largest absolute Gasteiger partial charge is 0.380 e. The first-order valence-electron chi connectivity index (χ1n) is 5.54. The van der Waals surface area contributed by atoms with Crippen LogP contribution in [0.5, 0.6) is 0 Å². The van der Waals surface area contributed by atoms with Crippen molar-refractivity contribution in [2.45, 2.75) is 6.10 Å². The number of rotatable bonds is 3. The van der Waals surface area contributed by atoms with E-state index in [1.807, 2.05) is 47.8 Å². The monoisotopic (exact) mass is 257 g/mol. The lowest BCUT2D eigenvalue weighted by Gasteiger charge is -2.06. The number of nitrogens with zero attached hydrogens (tertiary/aromatic N) is 2. The van der Waals surface area contributed by atoms with Crippen LogP contribution in [0, 0.1) is 0 Å². The summed E-state index contributed by atoms with van der Waals surface area (Å²) in [7, 11) is 0. The Morgan fingerprint density at radius 1 is 1.11 bits per heavy atom. The second-order valence-electron chi connectivity index (χ2n) is 3.83. The third kappa shape index (κ3) is 2.05. The van der Waals surface area contributed by atoms with Gasteiger partial charge in [-0.3, -0.25) is 5.10 Å². The van der Waals surface area contributed by atoms with Gasteiger partial charge >= 0.3 is 0 Å². The Balaban J connectivity index is 1.90. The van der Waals surface area contributed by atoms with Gasteiger partial charge < -0.3 is 5.11 Å². The predicted molar refractivity (Wildman–Crippen MR) is 70.2 cm³/mol. The lowest BCUT2D eigenvalue weighted by Crippen LogP contribution is -2.01. The summed E-state index contributed by atoms with van der Waals surface area (Å²) in [6.07, 6.45) is -0.771. The number of aliphatic hydroxyl groups is 1. The topological polar surface area (TPSA) is 61.8 Å². The van der Waals surface area contributed by atoms with Gasteiger partial charge in [0, 0.05) is 0 Å². The summed E-state index contributed by atoms with van der Waals surface area (Å²) in [6.45, 7) is 0. The van der Waals surface area contributed by atoms with E-state index in [4.69, 9.17) is 0 Å². The molecule has 90 valence electrons. The lowest BCUT2D eigenvalue weighted by atomic mass is 10.1. The van der Waals surface area contributed by atoms with E-state index < -0.39 is 6.10 Å². The molecule has 1 atom stereocenters. The van der Waals surface area contributed by atoms with Gasteiger partial charge in [0.25, 0.3) is 0 Å². The fourth-order valence-electron chi connectivity index (χ4n) is 1.71. The zero-order chi connectivity index (χ0) is 12.4. The zero-order valence-corrected chi connectivity index (χ0v) is 10.3. The molecule has 2 heterocycles. The van der Waals surface area contributed by atoms with E-state index in [0.717, 1.165) is 10.4 Å². The van der Waals surface area contributed by atoms with Crippen molar-refractivity contribution < 1.29 is 5.11 Å². The van der Waals surface area contributed by atoms with Gasteiger partial charge in [0.2, 0.25) is 0 Å². The molecule has 0 saturated carbocycles. The Morgan fingerprint density at radius 3 is 2.67 bits per heavy atom. The zero-order valence-electron chi connectivity index (χ0n) is 9.45. The van der Waals surface area contributed by atoms with Crippen LogP contribution in [-0.2, 0) is 0 Å². The van der Waals surface area contributed by atoms with E-state index in [0.29, 0.717) is 11.6 Å². The molecule has 4 nitrogen and oxygen atoms in total. The van der Waals surface area contributed by atoms with Crippen molar-refractivity contribution >= 4 is 11.3 Å². The molecule has 0 saturated heterocycles. The van der Waals surface area contributed by atoms with Crippen molar-refractivity contribution in [3.8, 4) is 10.7 Å². The van der Waals surface area contributed by atoms with Gasteiger partial charge in [0.1, 0.15) is 6.10 Å². The van der Waals surface area contributed by atoms with Crippen molar-refractivity contribution in [3.05, 3.63) is 59.2 Å². The Bertz CT molecular complexity index is 619. The van der Waals surface area contributed by atoms with Crippen LogP contribution >= 0.6 is 11.3 Å². The van der Waals surface area contributed by atoms with Crippen molar-refractivity contribution in [1.29, 1.82) is 0 Å². The minimum Gasteiger partial charge on any atom is -0.380 e. The van der Waals surface area contributed by atoms with Crippen LogP contribution < -0.4 is 0 Å². The summed E-state index contributed by atoms with van der Waals surface area (Å²) in [6, 6.07) is 13.3. The number of thiophene rings is 1. The molecule has 2 aromatic heterocycles. The molecule has 0 fully saturated rings. The van der Waals surface area contributed by atoms with Crippen LogP contribution in [0.4, 0.5) is 0 Å². The molecule has 0 amide bonds. The lowest BCUT2D eigenvalue weighted by molar-refractivity contribution is 0.210. The Morgan fingerprint density at radius 2 is 1.94 bits per heavy atom. The highest BCUT2D eigenvalue weighted by Gasteiger charge is 2.15. The average molecular weight is 257 g/mol. The van der Waals surface area contributed by atoms with Crippen LogP contribution in [0.25, 0.3) is 10.7 Å². The molecule has 1 aromatic carbocycles. The maximum Gasteiger partial charge on any atom is 0.191 e. The quantitative estimate of drug-likeness (QED) is 0.758. The number of aliphatic hydroxyl groups excluding tert-OH is 1. The van der Waals surface area contributed by atoms with Gasteiger partial charge in [-0.2, -0.15) is 5.10 Å². The van der Waals surface area contributed by atoms with Gasteiger partial charge in [0.05, 0.1) is 4.88 Å². The first-order valence-corrected chi connectivity index (χ1v) is 6.42. The summed E-state index contributed by atoms with van der Waals surface area (Å²) in [4.78, 5) is 5.31. The van der Waals surface area contributed by atoms with Gasteiger partial charge in [-0.15, -0.1) is 11.3 Å². The highest BCUT2D eigenvalue weighted by Crippen LogP contribution is 2.24. The summed E-state index contributed by atoms with van der Waals surface area (Å²) >= 11 is 1.57. The molecule has 18 heavy (non-hydrogen) atoms. The summed E-state index contributed by atoms with van der Waals surface area (Å²) in [5.41, 5.74) is 0.798. The van der Waals surface area contributed by atoms with Crippen LogP contribution in [0.3, 0.4) is 0 Å². The Kier molecular flexibility index (Phi) is 2.92. The second-order valence-corrected chi connectivity index (χ2v) is 4.78. The molecule has 5 heteroatoms. The first-order chi connectivity index (χ1) is 8.84. The smallest absolute Gasteiger partial charge is 0.191 e. The third-order valence-electron chi connectivity index (χ3n) is 2.62. The van der Waals surface area contributed by atoms with E-state index in [9.17, 15) is 5.11 Å². The predicted octanol–water partition coefficient (Wildman–Crippen LogP) is 2.61. The minimum absolute atomic E-state index is 0.463. The molecule has 0 bridgehead atoms. The van der Waals surface area contributed by atoms with E-state index in [1.54, 1.807) is 11.3 Å². The molecule has 0 spiro atoms. The van der Waals surface area contributed by atoms with Crippen LogP contribution in [0.1, 0.15) is 17.5 Å². The van der Waals surface area contributed by atoms with Crippen molar-refractivity contribution in [3.63, 3.8) is 0 Å². The highest BCUT2D eigenvalue weighted by molar-refractivity contribution is 7.13. The SMILES string of the molecule is OC(c1ccccc1)c1nc(-c2cccs2)n[nH]1. The van der Waals surface area contributed by atoms with Crippen molar-refractivity contribution in [1.82, 2.24) is 15.2 Å². The van der Waals surface area contributed by atoms with Gasteiger partial charge in [-0.05, 0) is 17.0 Å². The maximum atomic E-state index is 10.2. The Hall–Kier alpha value is -1.98. The molecule has 0 aliphatic carbocycles. The van der Waals surface area contributed by atoms with E-state index in [2.05, 4.69) is 15.2 Å². The highest BCUT2D eigenvalue weighted by atomic mass is 32.1. The summed E-state index contributed by atoms with van der Waals surface area (Å²) < 4.78 is 0. The standard InChI is InChI=1S/C13H11N3OS/c17-11(9-5-2-1-3-6-9)13-14-12(15-16-13)10-7-4-8-18-10/h1-8,11,17H,(H,14,15,16). The molecule has 0 radical (unpaired) electrons. The van der Waals surface area contributed by atoms with Crippen LogP contribution in [0.2, 0.25) is 0 Å². The summed E-state index contributed by atoms with van der Waals surface area (Å²) in [5.74, 6) is 1.08. The third-order valence-corrected chi connectivity index (χ3v) is 3.48. The first kappa shape index (κ1) is 11.1. The summed E-state index contributed by atoms with van der Waals surface area (Å²) in [5, 5.41) is 19.1. The number of hydrogen-bond acceptors (Lipinski definition) is 4. The van der Waals surface area contributed by atoms with Crippen molar-refractivity contribution in [2.24, 2.45) is 0 Å². The van der Waals surface area contributed by atoms with Gasteiger partial charge in [0.15, 0.2) is 11.6 Å². The van der Waals surface area contributed by atoms with E-state index in [1.165, 1.54) is 0 Å². The van der Waals surface area contributed by atoms with Crippen molar-refractivity contribution in [2.75, 3.05) is 0 Å². The molecule has 0 aliphatic heterocycles. The molecular weight excluding hydrogens is 246 g/mol. The number of hydrogen-bond donors (Lipinski definition) is 2. The number of aromatic nitrogens is 3. The normalized spacial score (nSPS) is 12.5. The fraction of sp³-hybridized carbons (Fsp3) is 0.0769. The van der Waals surface area contributed by atoms with Crippen LogP contribution in [0.15, 0.2) is 47.8 Å². The molecular formula is C13H11N3OS. The number of benzene rings is 1. The van der Waals surface area contributed by atoms with E-state index in [-0.39, 0.29) is 0 Å².